The van der Waals surface area contributed by atoms with E-state index in [0.29, 0.717) is 11.6 Å². The third-order valence-electron chi connectivity index (χ3n) is 2.84. The van der Waals surface area contributed by atoms with E-state index in [9.17, 15) is 4.79 Å². The number of aromatic nitrogens is 5. The first-order valence-electron chi connectivity index (χ1n) is 6.56. The molecular formula is C13H20N6O. The number of rotatable bonds is 3. The van der Waals surface area contributed by atoms with Crippen LogP contribution in [-0.4, -0.2) is 30.9 Å². The second-order valence-corrected chi connectivity index (χ2v) is 5.98. The van der Waals surface area contributed by atoms with Crippen molar-refractivity contribution in [3.63, 3.8) is 0 Å². The number of nitrogens with one attached hydrogen (secondary N) is 2. The molecule has 2 rings (SSSR count). The Labute approximate surface area is 117 Å². The van der Waals surface area contributed by atoms with E-state index >= 15 is 0 Å². The van der Waals surface area contributed by atoms with Gasteiger partial charge in [-0.05, 0) is 32.8 Å². The maximum Gasteiger partial charge on any atom is 0.278 e. The Kier molecular flexibility index (Phi) is 3.61. The van der Waals surface area contributed by atoms with Crippen molar-refractivity contribution in [2.24, 2.45) is 0 Å². The fourth-order valence-electron chi connectivity index (χ4n) is 1.89. The Bertz CT molecular complexity index is 591. The molecule has 0 spiro atoms. The van der Waals surface area contributed by atoms with Gasteiger partial charge >= 0.3 is 0 Å². The zero-order valence-corrected chi connectivity index (χ0v) is 12.4. The maximum atomic E-state index is 12.2. The predicted octanol–water partition coefficient (Wildman–Crippen LogP) is 2.13. The molecule has 0 aliphatic carbocycles. The van der Waals surface area contributed by atoms with Gasteiger partial charge in [0.2, 0.25) is 5.95 Å². The summed E-state index contributed by atoms with van der Waals surface area (Å²) in [5, 5.41) is 13.3. The van der Waals surface area contributed by atoms with Gasteiger partial charge in [0.05, 0.1) is 5.54 Å². The lowest BCUT2D eigenvalue weighted by molar-refractivity contribution is 0.102. The first-order chi connectivity index (χ1) is 9.29. The zero-order chi connectivity index (χ0) is 14.9. The molecule has 2 heterocycles. The molecule has 1 amide bonds. The number of carbonyl (C=O) groups excluding carboxylic acids is 1. The van der Waals surface area contributed by atoms with Gasteiger partial charge in [0, 0.05) is 5.69 Å². The molecule has 2 N–H and O–H groups in total. The zero-order valence-electron chi connectivity index (χ0n) is 12.4. The van der Waals surface area contributed by atoms with Crippen molar-refractivity contribution in [3.8, 4) is 0 Å². The van der Waals surface area contributed by atoms with Gasteiger partial charge in [-0.25, -0.2) is 5.10 Å². The van der Waals surface area contributed by atoms with E-state index in [1.54, 1.807) is 0 Å². The largest absolute Gasteiger partial charge is 0.289 e. The van der Waals surface area contributed by atoms with Crippen molar-refractivity contribution in [1.82, 2.24) is 25.0 Å². The van der Waals surface area contributed by atoms with Crippen molar-refractivity contribution in [1.29, 1.82) is 0 Å². The molecule has 0 aromatic carbocycles. The first-order valence-corrected chi connectivity index (χ1v) is 6.56. The summed E-state index contributed by atoms with van der Waals surface area (Å²) >= 11 is 0. The number of hydrogen-bond donors (Lipinski definition) is 2. The summed E-state index contributed by atoms with van der Waals surface area (Å²) in [6.45, 7) is 10.3. The first kappa shape index (κ1) is 14.2. The van der Waals surface area contributed by atoms with Crippen LogP contribution in [0.1, 0.15) is 56.7 Å². The molecule has 0 atom stereocenters. The molecule has 2 aromatic rings. The van der Waals surface area contributed by atoms with E-state index in [-0.39, 0.29) is 17.4 Å². The quantitative estimate of drug-likeness (QED) is 0.898. The van der Waals surface area contributed by atoms with E-state index in [1.807, 2.05) is 10.7 Å². The smallest absolute Gasteiger partial charge is 0.278 e. The van der Waals surface area contributed by atoms with Gasteiger partial charge in [-0.3, -0.25) is 14.8 Å². The molecule has 0 unspecified atom stereocenters. The van der Waals surface area contributed by atoms with Crippen LogP contribution in [0.5, 0.6) is 0 Å². The Morgan fingerprint density at radius 3 is 2.55 bits per heavy atom. The lowest BCUT2D eigenvalue weighted by atomic mass is 10.1. The highest BCUT2D eigenvalue weighted by atomic mass is 16.2. The molecule has 7 nitrogen and oxygen atoms in total. The lowest BCUT2D eigenvalue weighted by Gasteiger charge is -2.23. The lowest BCUT2D eigenvalue weighted by Crippen LogP contribution is -2.26. The number of carbonyl (C=O) groups is 1. The SMILES string of the molecule is CC(C)c1cc(C(=O)Nc2ncn[nH]2)nn1C(C)(C)C. The minimum atomic E-state index is -0.299. The Morgan fingerprint density at radius 2 is 2.10 bits per heavy atom. The van der Waals surface area contributed by atoms with E-state index in [0.717, 1.165) is 5.69 Å². The summed E-state index contributed by atoms with van der Waals surface area (Å²) < 4.78 is 1.90. The fraction of sp³-hybridized carbons (Fsp3) is 0.538. The summed E-state index contributed by atoms with van der Waals surface area (Å²) in [6.07, 6.45) is 1.34. The molecule has 0 bridgehead atoms. The molecule has 2 aromatic heterocycles. The van der Waals surface area contributed by atoms with Crippen molar-refractivity contribution < 1.29 is 4.79 Å². The molecule has 7 heteroatoms. The normalized spacial score (nSPS) is 11.9. The van der Waals surface area contributed by atoms with Crippen molar-refractivity contribution in [2.45, 2.75) is 46.1 Å². The molecule has 0 aliphatic rings. The molecule has 0 saturated carbocycles. The second-order valence-electron chi connectivity index (χ2n) is 5.98. The van der Waals surface area contributed by atoms with Crippen molar-refractivity contribution >= 4 is 11.9 Å². The third-order valence-corrected chi connectivity index (χ3v) is 2.84. The van der Waals surface area contributed by atoms with Gasteiger partial charge in [0.25, 0.3) is 5.91 Å². The van der Waals surface area contributed by atoms with Crippen LogP contribution in [-0.2, 0) is 5.54 Å². The van der Waals surface area contributed by atoms with Gasteiger partial charge in [-0.1, -0.05) is 13.8 Å². The molecule has 0 radical (unpaired) electrons. The van der Waals surface area contributed by atoms with Crippen LogP contribution in [0.25, 0.3) is 0 Å². The summed E-state index contributed by atoms with van der Waals surface area (Å²) in [6, 6.07) is 1.82. The number of H-pyrrole nitrogens is 1. The summed E-state index contributed by atoms with van der Waals surface area (Å²) in [5.74, 6) is 0.298. The summed E-state index contributed by atoms with van der Waals surface area (Å²) in [7, 11) is 0. The predicted molar refractivity (Wildman–Crippen MR) is 75.6 cm³/mol. The van der Waals surface area contributed by atoms with E-state index in [1.165, 1.54) is 6.33 Å². The average Bonchev–Trinajstić information content (AvgIpc) is 2.95. The Balaban J connectivity index is 2.31. The standard InChI is InChI=1S/C13H20N6O/c1-8(2)10-6-9(18-19(10)13(3,4)5)11(20)16-12-14-7-15-17-12/h6-8H,1-5H3,(H2,14,15,16,17,20). The number of anilines is 1. The maximum absolute atomic E-state index is 12.2. The van der Waals surface area contributed by atoms with Gasteiger partial charge in [-0.15, -0.1) is 0 Å². The van der Waals surface area contributed by atoms with Gasteiger partial charge in [0.15, 0.2) is 5.69 Å². The van der Waals surface area contributed by atoms with Crippen LogP contribution in [0.3, 0.4) is 0 Å². The van der Waals surface area contributed by atoms with Gasteiger partial charge in [0.1, 0.15) is 6.33 Å². The van der Waals surface area contributed by atoms with Gasteiger partial charge < -0.3 is 0 Å². The number of amides is 1. The van der Waals surface area contributed by atoms with Gasteiger partial charge in [-0.2, -0.15) is 15.2 Å². The molecular weight excluding hydrogens is 256 g/mol. The van der Waals surface area contributed by atoms with E-state index in [4.69, 9.17) is 0 Å². The van der Waals surface area contributed by atoms with Crippen LogP contribution in [0.15, 0.2) is 12.4 Å². The number of aromatic amines is 1. The minimum absolute atomic E-state index is 0.176. The van der Waals surface area contributed by atoms with Crippen LogP contribution in [0, 0.1) is 0 Å². The molecule has 0 aliphatic heterocycles. The molecule has 0 fully saturated rings. The topological polar surface area (TPSA) is 88.5 Å². The number of hydrogen-bond acceptors (Lipinski definition) is 4. The minimum Gasteiger partial charge on any atom is -0.289 e. The number of nitrogens with zero attached hydrogens (tertiary/aromatic N) is 4. The van der Waals surface area contributed by atoms with Crippen molar-refractivity contribution in [3.05, 3.63) is 23.8 Å². The highest BCUT2D eigenvalue weighted by Crippen LogP contribution is 2.23. The Morgan fingerprint density at radius 1 is 1.40 bits per heavy atom. The Hall–Kier alpha value is -2.18. The molecule has 20 heavy (non-hydrogen) atoms. The van der Waals surface area contributed by atoms with Crippen LogP contribution in [0.2, 0.25) is 0 Å². The van der Waals surface area contributed by atoms with Crippen molar-refractivity contribution in [2.75, 3.05) is 5.32 Å². The van der Waals surface area contributed by atoms with E-state index in [2.05, 4.69) is 60.2 Å². The van der Waals surface area contributed by atoms with Crippen LogP contribution >= 0.6 is 0 Å². The van der Waals surface area contributed by atoms with E-state index < -0.39 is 0 Å². The monoisotopic (exact) mass is 276 g/mol. The van der Waals surface area contributed by atoms with Crippen LogP contribution in [0.4, 0.5) is 5.95 Å². The molecule has 0 saturated heterocycles. The third kappa shape index (κ3) is 2.87. The molecule has 108 valence electrons. The highest BCUT2D eigenvalue weighted by Gasteiger charge is 2.23. The second kappa shape index (κ2) is 5.07. The van der Waals surface area contributed by atoms with Crippen LogP contribution < -0.4 is 5.32 Å². The highest BCUT2D eigenvalue weighted by molar-refractivity contribution is 6.01. The summed E-state index contributed by atoms with van der Waals surface area (Å²) in [5.41, 5.74) is 1.23. The summed E-state index contributed by atoms with van der Waals surface area (Å²) in [4.78, 5) is 16.0. The average molecular weight is 276 g/mol. The fourth-order valence-corrected chi connectivity index (χ4v) is 1.89.